The molecule has 0 aromatic carbocycles. The van der Waals surface area contributed by atoms with Crippen LogP contribution in [0.25, 0.3) is 0 Å². The van der Waals surface area contributed by atoms with E-state index in [-0.39, 0.29) is 45.6 Å². The van der Waals surface area contributed by atoms with Crippen LogP contribution in [0.5, 0.6) is 23.5 Å². The number of pyridine rings is 2. The quantitative estimate of drug-likeness (QED) is 0.113. The number of aliphatic imine (C=N–C) groups is 1. The van der Waals surface area contributed by atoms with Gasteiger partial charge in [-0.05, 0) is 67.5 Å². The van der Waals surface area contributed by atoms with E-state index in [4.69, 9.17) is 32.7 Å². The van der Waals surface area contributed by atoms with Gasteiger partial charge in [-0.15, -0.1) is 10.2 Å². The zero-order valence-electron chi connectivity index (χ0n) is 27.8. The molecule has 0 aliphatic heterocycles. The van der Waals surface area contributed by atoms with Crippen LogP contribution in [0.1, 0.15) is 61.3 Å². The summed E-state index contributed by atoms with van der Waals surface area (Å²) in [5, 5.41) is 12.7. The topological polar surface area (TPSA) is 149 Å². The Bertz CT molecular complexity index is 1830. The lowest BCUT2D eigenvalue weighted by Gasteiger charge is -2.09. The van der Waals surface area contributed by atoms with Crippen LogP contribution in [0.4, 0.5) is 31.1 Å². The molecule has 20 heteroatoms. The van der Waals surface area contributed by atoms with Gasteiger partial charge in [-0.3, -0.25) is 5.10 Å². The van der Waals surface area contributed by atoms with Crippen molar-refractivity contribution >= 4 is 35.3 Å². The van der Waals surface area contributed by atoms with E-state index in [9.17, 15) is 35.9 Å². The predicted molar refractivity (Wildman–Crippen MR) is 171 cm³/mol. The number of hydrogen-bond donors (Lipinski definition) is 2. The zero-order chi connectivity index (χ0) is 38.1. The maximum absolute atomic E-state index is 12.6. The lowest BCUT2D eigenvalue weighted by Crippen LogP contribution is -2.35. The van der Waals surface area contributed by atoms with Crippen LogP contribution in [0, 0.1) is 27.7 Å². The van der Waals surface area contributed by atoms with E-state index in [2.05, 4.69) is 35.6 Å². The van der Waals surface area contributed by atoms with Gasteiger partial charge in [0.15, 0.2) is 0 Å². The molecule has 0 aliphatic carbocycles. The highest BCUT2D eigenvalue weighted by molar-refractivity contribution is 6.32. The number of nitrogens with one attached hydrogen (secondary N) is 2. The van der Waals surface area contributed by atoms with Crippen LogP contribution < -0.4 is 14.8 Å². The van der Waals surface area contributed by atoms with E-state index < -0.39 is 29.5 Å². The highest BCUT2D eigenvalue weighted by Crippen LogP contribution is 2.36. The number of aromatic nitrogens is 6. The Balaban J connectivity index is 0.000000306. The molecule has 4 rings (SSSR count). The van der Waals surface area contributed by atoms with Crippen LogP contribution in [0.15, 0.2) is 29.5 Å². The second kappa shape index (κ2) is 17.3. The summed E-state index contributed by atoms with van der Waals surface area (Å²) in [6, 6.07) is 1.04. The molecule has 0 aliphatic rings. The number of isocyanates is 1. The molecule has 50 heavy (non-hydrogen) atoms. The molecule has 4 heterocycles. The summed E-state index contributed by atoms with van der Waals surface area (Å²) >= 11 is 11.5. The summed E-state index contributed by atoms with van der Waals surface area (Å²) in [6.07, 6.45) is -6.33. The number of amides is 1. The standard InChI is InChI=1S/C15H16ClF3N4O2.C11H9ClF3N3O.C4H7NO/c1-7(2)21-14(24)23-9(4)8(3)12(22-23)25-13-11(16)5-10(6-20-13)15(17,18)19;1-5-6(2)17-18-9(5)19-10-8(12)3-7(4-16-10)11(13,14)15;1-4(2)5-3-6/h5-7H,1-4H3,(H,21,24);3-4H,1-2H3,(H,17,18);4H,1-2H3. The first kappa shape index (κ1) is 41.5. The largest absolute Gasteiger partial charge is 0.417 e. The minimum atomic E-state index is -4.56. The molecule has 0 bridgehead atoms. The lowest BCUT2D eigenvalue weighted by molar-refractivity contribution is -0.138. The van der Waals surface area contributed by atoms with E-state index >= 15 is 0 Å². The predicted octanol–water partition coefficient (Wildman–Crippen LogP) is 8.94. The molecule has 0 saturated heterocycles. The van der Waals surface area contributed by atoms with E-state index in [1.807, 2.05) is 13.8 Å². The van der Waals surface area contributed by atoms with Crippen molar-refractivity contribution in [1.29, 1.82) is 0 Å². The van der Waals surface area contributed by atoms with Crippen molar-refractivity contribution in [1.82, 2.24) is 35.3 Å². The summed E-state index contributed by atoms with van der Waals surface area (Å²) in [5.74, 6) is -0.0897. The van der Waals surface area contributed by atoms with Gasteiger partial charge in [0.1, 0.15) is 10.0 Å². The number of alkyl halides is 6. The number of ether oxygens (including phenoxy) is 2. The molecule has 0 radical (unpaired) electrons. The third-order valence-electron chi connectivity index (χ3n) is 6.15. The fourth-order valence-corrected chi connectivity index (χ4v) is 3.73. The number of carbonyl (C=O) groups is 1. The average Bonchev–Trinajstić information content (AvgIpc) is 3.46. The number of rotatable bonds is 6. The number of hydrogen-bond acceptors (Lipinski definition) is 9. The second-order valence-electron chi connectivity index (χ2n) is 10.8. The van der Waals surface area contributed by atoms with Crippen molar-refractivity contribution in [2.45, 2.75) is 79.8 Å². The van der Waals surface area contributed by atoms with Gasteiger partial charge >= 0.3 is 18.4 Å². The maximum atomic E-state index is 12.6. The molecule has 0 saturated carbocycles. The van der Waals surface area contributed by atoms with Gasteiger partial charge in [0.25, 0.3) is 0 Å². The van der Waals surface area contributed by atoms with Crippen molar-refractivity contribution in [3.63, 3.8) is 0 Å². The summed E-state index contributed by atoms with van der Waals surface area (Å²) in [7, 11) is 0. The van der Waals surface area contributed by atoms with Crippen molar-refractivity contribution in [2.75, 3.05) is 0 Å². The van der Waals surface area contributed by atoms with Gasteiger partial charge in [0.2, 0.25) is 29.6 Å². The molecule has 272 valence electrons. The molecule has 0 unspecified atom stereocenters. The third kappa shape index (κ3) is 11.7. The van der Waals surface area contributed by atoms with Crippen LogP contribution in [-0.2, 0) is 17.1 Å². The minimum absolute atomic E-state index is 0.0329. The molecule has 12 nitrogen and oxygen atoms in total. The van der Waals surface area contributed by atoms with Crippen molar-refractivity contribution < 1.29 is 45.4 Å². The van der Waals surface area contributed by atoms with Gasteiger partial charge in [0, 0.05) is 35.3 Å². The Kier molecular flexibility index (Phi) is 14.4. The summed E-state index contributed by atoms with van der Waals surface area (Å²) < 4.78 is 87.0. The number of aryl methyl sites for hydroxylation is 1. The molecule has 2 N–H and O–H groups in total. The highest BCUT2D eigenvalue weighted by Gasteiger charge is 2.33. The van der Waals surface area contributed by atoms with Crippen LogP contribution in [0.2, 0.25) is 10.0 Å². The highest BCUT2D eigenvalue weighted by atomic mass is 35.5. The van der Waals surface area contributed by atoms with Gasteiger partial charge in [-0.1, -0.05) is 23.2 Å². The number of halogens is 8. The van der Waals surface area contributed by atoms with Crippen LogP contribution in [-0.4, -0.2) is 54.1 Å². The Morgan fingerprint density at radius 3 is 1.68 bits per heavy atom. The molecule has 0 fully saturated rings. The fourth-order valence-electron chi connectivity index (χ4n) is 3.32. The summed E-state index contributed by atoms with van der Waals surface area (Å²) in [5.41, 5.74) is 0.669. The second-order valence-corrected chi connectivity index (χ2v) is 11.7. The maximum Gasteiger partial charge on any atom is 0.417 e. The van der Waals surface area contributed by atoms with Gasteiger partial charge in [-0.25, -0.2) is 24.5 Å². The third-order valence-corrected chi connectivity index (χ3v) is 6.69. The number of H-pyrrole nitrogens is 1. The average molecular weight is 754 g/mol. The zero-order valence-corrected chi connectivity index (χ0v) is 29.3. The van der Waals surface area contributed by atoms with E-state index in [0.717, 1.165) is 22.0 Å². The van der Waals surface area contributed by atoms with E-state index in [0.29, 0.717) is 29.7 Å². The molecular weight excluding hydrogens is 721 g/mol. The number of aromatic amines is 1. The fraction of sp³-hybridized carbons (Fsp3) is 0.400. The van der Waals surface area contributed by atoms with Crippen LogP contribution >= 0.6 is 23.2 Å². The smallest absolute Gasteiger partial charge is 0.417 e. The first-order valence-corrected chi connectivity index (χ1v) is 15.1. The Hall–Kier alpha value is -4.67. The van der Waals surface area contributed by atoms with Gasteiger partial charge < -0.3 is 14.8 Å². The molecule has 4 aromatic rings. The molecular formula is C30H32Cl2F6N8O4. The molecule has 0 atom stereocenters. The van der Waals surface area contributed by atoms with Crippen molar-refractivity contribution in [3.8, 4) is 23.5 Å². The number of nitrogens with zero attached hydrogens (tertiary/aromatic N) is 6. The van der Waals surface area contributed by atoms with Gasteiger partial charge in [0.05, 0.1) is 22.9 Å². The van der Waals surface area contributed by atoms with Crippen LogP contribution in [0.3, 0.4) is 0 Å². The summed E-state index contributed by atoms with van der Waals surface area (Å²) in [6.45, 7) is 14.1. The van der Waals surface area contributed by atoms with Gasteiger partial charge in [-0.2, -0.15) is 31.0 Å². The summed E-state index contributed by atoms with van der Waals surface area (Å²) in [4.78, 5) is 31.9. The van der Waals surface area contributed by atoms with E-state index in [1.54, 1.807) is 41.5 Å². The monoisotopic (exact) mass is 752 g/mol. The first-order chi connectivity index (χ1) is 23.1. The first-order valence-electron chi connectivity index (χ1n) is 14.3. The van der Waals surface area contributed by atoms with Crippen molar-refractivity contribution in [3.05, 3.63) is 68.2 Å². The Labute approximate surface area is 292 Å². The molecule has 4 aromatic heterocycles. The van der Waals surface area contributed by atoms with E-state index in [1.165, 1.54) is 6.08 Å². The minimum Gasteiger partial charge on any atom is -0.417 e. The SMILES string of the molecule is CC(C)N=C=O.Cc1[nH]nc(Oc2ncc(C(F)(F)F)cc2Cl)c1C.Cc1c(Oc2ncc(C(F)(F)F)cc2Cl)nn(C(=O)NC(C)C)c1C. The number of carbonyl (C=O) groups excluding carboxylic acids is 2. The molecule has 0 spiro atoms. The Morgan fingerprint density at radius 1 is 0.860 bits per heavy atom. The van der Waals surface area contributed by atoms with Crippen molar-refractivity contribution in [2.24, 2.45) is 4.99 Å². The molecule has 1 amide bonds. The Morgan fingerprint density at radius 2 is 1.34 bits per heavy atom. The lowest BCUT2D eigenvalue weighted by atomic mass is 10.3. The normalized spacial score (nSPS) is 11.2.